The first-order chi connectivity index (χ1) is 11.8. The van der Waals surface area contributed by atoms with E-state index in [4.69, 9.17) is 4.74 Å². The molecule has 0 saturated carbocycles. The van der Waals surface area contributed by atoms with Crippen molar-refractivity contribution in [2.45, 2.75) is 20.1 Å². The van der Waals surface area contributed by atoms with Gasteiger partial charge in [0.05, 0.1) is 18.2 Å². The standard InChI is InChI=1S/C20H19N3O/c1-2-23-14-21-12-20(23)18-11-22-19-9-8-16(10-17(18)19)24-13-15-6-4-3-5-7-15/h3-12,14,22H,2,13H2,1H3. The summed E-state index contributed by atoms with van der Waals surface area (Å²) in [6, 6.07) is 16.4. The Bertz CT molecular complexity index is 953. The predicted octanol–water partition coefficient (Wildman–Crippen LogP) is 4.63. The van der Waals surface area contributed by atoms with Gasteiger partial charge in [-0.05, 0) is 30.7 Å². The van der Waals surface area contributed by atoms with Crippen molar-refractivity contribution in [3.8, 4) is 17.0 Å². The van der Waals surface area contributed by atoms with Gasteiger partial charge in [-0.15, -0.1) is 0 Å². The van der Waals surface area contributed by atoms with E-state index in [0.717, 1.165) is 40.0 Å². The molecule has 0 unspecified atom stereocenters. The molecule has 4 aromatic rings. The monoisotopic (exact) mass is 317 g/mol. The fourth-order valence-electron chi connectivity index (χ4n) is 2.94. The number of rotatable bonds is 5. The summed E-state index contributed by atoms with van der Waals surface area (Å²) in [5.74, 6) is 0.870. The molecule has 0 aliphatic rings. The third-order valence-corrected chi connectivity index (χ3v) is 4.23. The van der Waals surface area contributed by atoms with Crippen LogP contribution in [0.25, 0.3) is 22.2 Å². The van der Waals surface area contributed by atoms with Crippen molar-refractivity contribution in [3.05, 3.63) is 72.8 Å². The molecule has 4 heteroatoms. The van der Waals surface area contributed by atoms with Gasteiger partial charge >= 0.3 is 0 Å². The second-order valence-electron chi connectivity index (χ2n) is 5.75. The maximum Gasteiger partial charge on any atom is 0.120 e. The zero-order valence-electron chi connectivity index (χ0n) is 13.6. The molecular weight excluding hydrogens is 298 g/mol. The van der Waals surface area contributed by atoms with Crippen molar-refractivity contribution in [1.82, 2.24) is 14.5 Å². The molecule has 4 rings (SSSR count). The first kappa shape index (κ1) is 14.6. The SMILES string of the molecule is CCn1cncc1-c1c[nH]c2ccc(OCc3ccccc3)cc12. The van der Waals surface area contributed by atoms with Crippen molar-refractivity contribution in [1.29, 1.82) is 0 Å². The lowest BCUT2D eigenvalue weighted by atomic mass is 10.1. The van der Waals surface area contributed by atoms with Crippen LogP contribution in [0.2, 0.25) is 0 Å². The van der Waals surface area contributed by atoms with Crippen LogP contribution in [0.15, 0.2) is 67.3 Å². The van der Waals surface area contributed by atoms with Gasteiger partial charge in [0.25, 0.3) is 0 Å². The minimum Gasteiger partial charge on any atom is -0.489 e. The third kappa shape index (κ3) is 2.67. The predicted molar refractivity (Wildman–Crippen MR) is 96.0 cm³/mol. The molecule has 24 heavy (non-hydrogen) atoms. The van der Waals surface area contributed by atoms with E-state index in [-0.39, 0.29) is 0 Å². The second-order valence-corrected chi connectivity index (χ2v) is 5.75. The fourth-order valence-corrected chi connectivity index (χ4v) is 2.94. The molecule has 2 aromatic carbocycles. The molecule has 2 aromatic heterocycles. The summed E-state index contributed by atoms with van der Waals surface area (Å²) in [6.45, 7) is 3.58. The molecule has 0 aliphatic carbocycles. The Kier molecular flexibility index (Phi) is 3.79. The average Bonchev–Trinajstić information content (AvgIpc) is 3.26. The van der Waals surface area contributed by atoms with Gasteiger partial charge in [-0.3, -0.25) is 0 Å². The van der Waals surface area contributed by atoms with Crippen LogP contribution in [0.4, 0.5) is 0 Å². The number of benzene rings is 2. The van der Waals surface area contributed by atoms with E-state index in [1.54, 1.807) is 0 Å². The summed E-state index contributed by atoms with van der Waals surface area (Å²) < 4.78 is 8.10. The van der Waals surface area contributed by atoms with E-state index in [1.165, 1.54) is 0 Å². The highest BCUT2D eigenvalue weighted by Gasteiger charge is 2.11. The van der Waals surface area contributed by atoms with Crippen LogP contribution in [-0.2, 0) is 13.2 Å². The minimum atomic E-state index is 0.568. The number of hydrogen-bond acceptors (Lipinski definition) is 2. The van der Waals surface area contributed by atoms with Crippen molar-refractivity contribution < 1.29 is 4.74 Å². The van der Waals surface area contributed by atoms with Gasteiger partial charge in [0, 0.05) is 29.2 Å². The normalized spacial score (nSPS) is 11.0. The van der Waals surface area contributed by atoms with Crippen molar-refractivity contribution in [2.24, 2.45) is 0 Å². The van der Waals surface area contributed by atoms with Gasteiger partial charge < -0.3 is 14.3 Å². The molecule has 0 atom stereocenters. The molecule has 1 N–H and O–H groups in total. The number of hydrogen-bond donors (Lipinski definition) is 1. The van der Waals surface area contributed by atoms with Crippen LogP contribution in [0.3, 0.4) is 0 Å². The average molecular weight is 317 g/mol. The lowest BCUT2D eigenvalue weighted by Gasteiger charge is -2.08. The third-order valence-electron chi connectivity index (χ3n) is 4.23. The number of ether oxygens (including phenoxy) is 1. The minimum absolute atomic E-state index is 0.568. The Labute approximate surface area is 140 Å². The van der Waals surface area contributed by atoms with Gasteiger partial charge in [-0.25, -0.2) is 4.98 Å². The molecule has 0 fully saturated rings. The zero-order chi connectivity index (χ0) is 16.4. The molecule has 2 heterocycles. The van der Waals surface area contributed by atoms with Crippen molar-refractivity contribution in [3.63, 3.8) is 0 Å². The van der Waals surface area contributed by atoms with E-state index < -0.39 is 0 Å². The van der Waals surface area contributed by atoms with Crippen molar-refractivity contribution in [2.75, 3.05) is 0 Å². The van der Waals surface area contributed by atoms with Gasteiger partial charge in [-0.2, -0.15) is 0 Å². The van der Waals surface area contributed by atoms with E-state index in [1.807, 2.05) is 43.0 Å². The number of aryl methyl sites for hydroxylation is 1. The number of aromatic amines is 1. The summed E-state index contributed by atoms with van der Waals surface area (Å²) >= 11 is 0. The van der Waals surface area contributed by atoms with Gasteiger partial charge in [0.2, 0.25) is 0 Å². The maximum atomic E-state index is 5.96. The summed E-state index contributed by atoms with van der Waals surface area (Å²) in [5.41, 5.74) is 4.52. The summed E-state index contributed by atoms with van der Waals surface area (Å²) in [6.07, 6.45) is 5.81. The maximum absolute atomic E-state index is 5.96. The van der Waals surface area contributed by atoms with E-state index in [2.05, 4.69) is 45.7 Å². The van der Waals surface area contributed by atoms with E-state index in [0.29, 0.717) is 6.61 Å². The Morgan fingerprint density at radius 3 is 2.83 bits per heavy atom. The Balaban J connectivity index is 1.66. The smallest absolute Gasteiger partial charge is 0.120 e. The van der Waals surface area contributed by atoms with Crippen LogP contribution in [0.5, 0.6) is 5.75 Å². The largest absolute Gasteiger partial charge is 0.489 e. The summed E-state index contributed by atoms with van der Waals surface area (Å²) in [5, 5.41) is 1.15. The van der Waals surface area contributed by atoms with E-state index >= 15 is 0 Å². The lowest BCUT2D eigenvalue weighted by molar-refractivity contribution is 0.306. The topological polar surface area (TPSA) is 42.8 Å². The van der Waals surface area contributed by atoms with Gasteiger partial charge in [-0.1, -0.05) is 30.3 Å². The lowest BCUT2D eigenvalue weighted by Crippen LogP contribution is -1.95. The Hall–Kier alpha value is -3.01. The first-order valence-electron chi connectivity index (χ1n) is 8.13. The van der Waals surface area contributed by atoms with Gasteiger partial charge in [0.1, 0.15) is 12.4 Å². The fraction of sp³-hybridized carbons (Fsp3) is 0.150. The van der Waals surface area contributed by atoms with Gasteiger partial charge in [0.15, 0.2) is 0 Å². The highest BCUT2D eigenvalue weighted by atomic mass is 16.5. The van der Waals surface area contributed by atoms with Crippen LogP contribution >= 0.6 is 0 Å². The van der Waals surface area contributed by atoms with Crippen LogP contribution in [-0.4, -0.2) is 14.5 Å². The number of H-pyrrole nitrogens is 1. The first-order valence-corrected chi connectivity index (χ1v) is 8.13. The van der Waals surface area contributed by atoms with Crippen LogP contribution in [0.1, 0.15) is 12.5 Å². The summed E-state index contributed by atoms with van der Waals surface area (Å²) in [4.78, 5) is 7.60. The Morgan fingerprint density at radius 1 is 1.12 bits per heavy atom. The number of imidazole rings is 1. The molecule has 0 amide bonds. The second kappa shape index (κ2) is 6.24. The number of nitrogens with zero attached hydrogens (tertiary/aromatic N) is 2. The summed E-state index contributed by atoms with van der Waals surface area (Å²) in [7, 11) is 0. The quantitative estimate of drug-likeness (QED) is 0.583. The number of nitrogens with one attached hydrogen (secondary N) is 1. The van der Waals surface area contributed by atoms with Crippen LogP contribution < -0.4 is 4.74 Å². The number of aromatic nitrogens is 3. The highest BCUT2D eigenvalue weighted by molar-refractivity contribution is 5.95. The molecule has 0 saturated heterocycles. The Morgan fingerprint density at radius 2 is 2.00 bits per heavy atom. The molecule has 120 valence electrons. The highest BCUT2D eigenvalue weighted by Crippen LogP contribution is 2.31. The zero-order valence-corrected chi connectivity index (χ0v) is 13.6. The molecule has 4 nitrogen and oxygen atoms in total. The molecular formula is C20H19N3O. The molecule has 0 aliphatic heterocycles. The van der Waals surface area contributed by atoms with Crippen molar-refractivity contribution >= 4 is 10.9 Å². The molecule has 0 bridgehead atoms. The number of fused-ring (bicyclic) bond motifs is 1. The molecule has 0 radical (unpaired) electrons. The van der Waals surface area contributed by atoms with E-state index in [9.17, 15) is 0 Å². The molecule has 0 spiro atoms. The van der Waals surface area contributed by atoms with Crippen LogP contribution in [0, 0.1) is 0 Å².